The molecule has 0 heterocycles. The van der Waals surface area contributed by atoms with Crippen molar-refractivity contribution < 1.29 is 4.79 Å². The van der Waals surface area contributed by atoms with Gasteiger partial charge >= 0.3 is 0 Å². The van der Waals surface area contributed by atoms with E-state index in [-0.39, 0.29) is 0 Å². The lowest BCUT2D eigenvalue weighted by Gasteiger charge is -2.37. The lowest BCUT2D eigenvalue weighted by Crippen LogP contribution is -2.32. The van der Waals surface area contributed by atoms with Gasteiger partial charge in [0.05, 0.1) is 0 Å². The first-order valence-electron chi connectivity index (χ1n) is 7.12. The molecule has 0 aliphatic heterocycles. The minimum Gasteiger partial charge on any atom is -0.299 e. The molecule has 1 saturated carbocycles. The predicted octanol–water partition coefficient (Wildman–Crippen LogP) is 4.84. The van der Waals surface area contributed by atoms with Crippen molar-refractivity contribution in [3.8, 4) is 0 Å². The highest BCUT2D eigenvalue weighted by molar-refractivity contribution is 5.81. The van der Waals surface area contributed by atoms with Gasteiger partial charge in [-0.05, 0) is 42.4 Å². The number of ketones is 1. The highest BCUT2D eigenvalue weighted by Gasteiger charge is 2.34. The molecule has 1 fully saturated rings. The maximum absolute atomic E-state index is 12.0. The summed E-state index contributed by atoms with van der Waals surface area (Å²) in [6, 6.07) is 0. The number of hydrogen-bond donors (Lipinski definition) is 0. The van der Waals surface area contributed by atoms with Crippen LogP contribution >= 0.6 is 0 Å². The Balaban J connectivity index is 2.55. The standard InChI is InChI=1S/C16H30O/c1-15(2,3)10-9-12-11-13(16(4,5)6)7-8-14(12)17/h12-13H,7-11H2,1-6H3. The molecule has 2 atom stereocenters. The fraction of sp³-hybridized carbons (Fsp3) is 0.938. The Morgan fingerprint density at radius 3 is 2.18 bits per heavy atom. The van der Waals surface area contributed by atoms with Gasteiger partial charge in [-0.15, -0.1) is 0 Å². The molecule has 1 aliphatic rings. The second-order valence-corrected chi connectivity index (χ2v) is 8.10. The van der Waals surface area contributed by atoms with Crippen molar-refractivity contribution in [1.29, 1.82) is 0 Å². The summed E-state index contributed by atoms with van der Waals surface area (Å²) in [5, 5.41) is 0. The molecular formula is C16H30O. The van der Waals surface area contributed by atoms with Crippen LogP contribution in [0.5, 0.6) is 0 Å². The van der Waals surface area contributed by atoms with E-state index in [2.05, 4.69) is 41.5 Å². The number of Topliss-reactive ketones (excluding diaryl/α,β-unsaturated/α-hetero) is 1. The number of rotatable bonds is 2. The molecule has 2 unspecified atom stereocenters. The summed E-state index contributed by atoms with van der Waals surface area (Å²) in [6.07, 6.45) is 5.30. The molecule has 0 aromatic rings. The minimum absolute atomic E-state index is 0.340. The van der Waals surface area contributed by atoms with E-state index in [0.717, 1.165) is 31.6 Å². The summed E-state index contributed by atoms with van der Waals surface area (Å²) in [5.74, 6) is 1.59. The second-order valence-electron chi connectivity index (χ2n) is 8.10. The molecule has 0 saturated heterocycles. The lowest BCUT2D eigenvalue weighted by molar-refractivity contribution is -0.127. The largest absolute Gasteiger partial charge is 0.299 e. The Hall–Kier alpha value is -0.330. The molecule has 1 aliphatic carbocycles. The molecule has 0 amide bonds. The van der Waals surface area contributed by atoms with Gasteiger partial charge in [-0.3, -0.25) is 4.79 Å². The van der Waals surface area contributed by atoms with E-state index in [1.54, 1.807) is 0 Å². The Bertz CT molecular complexity index is 264. The molecule has 0 spiro atoms. The van der Waals surface area contributed by atoms with Crippen LogP contribution < -0.4 is 0 Å². The van der Waals surface area contributed by atoms with Gasteiger partial charge < -0.3 is 0 Å². The SMILES string of the molecule is CC(C)(C)CCC1CC(C(C)(C)C)CCC1=O. The monoisotopic (exact) mass is 238 g/mol. The molecule has 0 aromatic carbocycles. The van der Waals surface area contributed by atoms with Crippen LogP contribution in [0.25, 0.3) is 0 Å². The summed E-state index contributed by atoms with van der Waals surface area (Å²) in [7, 11) is 0. The van der Waals surface area contributed by atoms with Crippen LogP contribution in [0.4, 0.5) is 0 Å². The smallest absolute Gasteiger partial charge is 0.135 e. The Kier molecular flexibility index (Phi) is 4.43. The first-order valence-corrected chi connectivity index (χ1v) is 7.12. The molecule has 100 valence electrons. The van der Waals surface area contributed by atoms with E-state index in [4.69, 9.17) is 0 Å². The van der Waals surface area contributed by atoms with Crippen LogP contribution in [0.15, 0.2) is 0 Å². The lowest BCUT2D eigenvalue weighted by atomic mass is 9.67. The molecule has 1 nitrogen and oxygen atoms in total. The van der Waals surface area contributed by atoms with Gasteiger partial charge in [0, 0.05) is 12.3 Å². The average molecular weight is 238 g/mol. The number of hydrogen-bond acceptors (Lipinski definition) is 1. The molecule has 0 N–H and O–H groups in total. The molecule has 1 heteroatoms. The molecule has 17 heavy (non-hydrogen) atoms. The molecule has 0 radical (unpaired) electrons. The Labute approximate surface area is 107 Å². The highest BCUT2D eigenvalue weighted by atomic mass is 16.1. The summed E-state index contributed by atoms with van der Waals surface area (Å²) in [6.45, 7) is 13.7. The van der Waals surface area contributed by atoms with Gasteiger partial charge in [0.1, 0.15) is 5.78 Å². The van der Waals surface area contributed by atoms with Crippen LogP contribution in [0.2, 0.25) is 0 Å². The van der Waals surface area contributed by atoms with Crippen LogP contribution in [0, 0.1) is 22.7 Å². The van der Waals surface area contributed by atoms with Crippen LogP contribution in [-0.2, 0) is 4.79 Å². The minimum atomic E-state index is 0.340. The van der Waals surface area contributed by atoms with E-state index >= 15 is 0 Å². The number of carbonyl (C=O) groups excluding carboxylic acids is 1. The molecule has 0 aromatic heterocycles. The van der Waals surface area contributed by atoms with Gasteiger partial charge in [0.25, 0.3) is 0 Å². The van der Waals surface area contributed by atoms with E-state index < -0.39 is 0 Å². The van der Waals surface area contributed by atoms with Crippen LogP contribution in [0.1, 0.15) is 73.6 Å². The third-order valence-corrected chi connectivity index (χ3v) is 4.23. The second kappa shape index (κ2) is 5.12. The Morgan fingerprint density at radius 1 is 1.12 bits per heavy atom. The first kappa shape index (κ1) is 14.7. The van der Waals surface area contributed by atoms with Crippen molar-refractivity contribution >= 4 is 5.78 Å². The number of carbonyl (C=O) groups is 1. The summed E-state index contributed by atoms with van der Waals surface area (Å²) in [4.78, 5) is 12.0. The third kappa shape index (κ3) is 4.81. The van der Waals surface area contributed by atoms with Gasteiger partial charge in [-0.25, -0.2) is 0 Å². The topological polar surface area (TPSA) is 17.1 Å². The Morgan fingerprint density at radius 2 is 1.71 bits per heavy atom. The fourth-order valence-corrected chi connectivity index (χ4v) is 2.79. The maximum Gasteiger partial charge on any atom is 0.135 e. The first-order chi connectivity index (χ1) is 7.59. The summed E-state index contributed by atoms with van der Waals surface area (Å²) < 4.78 is 0. The van der Waals surface area contributed by atoms with E-state index in [1.807, 2.05) is 0 Å². The van der Waals surface area contributed by atoms with Crippen molar-refractivity contribution in [2.75, 3.05) is 0 Å². The zero-order valence-corrected chi connectivity index (χ0v) is 12.6. The van der Waals surface area contributed by atoms with E-state index in [0.29, 0.717) is 22.5 Å². The van der Waals surface area contributed by atoms with Crippen molar-refractivity contribution in [3.05, 3.63) is 0 Å². The van der Waals surface area contributed by atoms with Crippen LogP contribution in [0.3, 0.4) is 0 Å². The van der Waals surface area contributed by atoms with E-state index in [1.165, 1.54) is 6.42 Å². The predicted molar refractivity (Wildman–Crippen MR) is 74.0 cm³/mol. The molecule has 1 rings (SSSR count). The third-order valence-electron chi connectivity index (χ3n) is 4.23. The van der Waals surface area contributed by atoms with Gasteiger partial charge in [-0.1, -0.05) is 41.5 Å². The fourth-order valence-electron chi connectivity index (χ4n) is 2.79. The van der Waals surface area contributed by atoms with Gasteiger partial charge in [-0.2, -0.15) is 0 Å². The van der Waals surface area contributed by atoms with Gasteiger partial charge in [0.2, 0.25) is 0 Å². The van der Waals surface area contributed by atoms with Crippen molar-refractivity contribution in [3.63, 3.8) is 0 Å². The van der Waals surface area contributed by atoms with Crippen molar-refractivity contribution in [2.45, 2.75) is 73.6 Å². The molecule has 0 bridgehead atoms. The molecular weight excluding hydrogens is 208 g/mol. The zero-order valence-electron chi connectivity index (χ0n) is 12.6. The summed E-state index contributed by atoms with van der Waals surface area (Å²) >= 11 is 0. The van der Waals surface area contributed by atoms with Crippen molar-refractivity contribution in [2.24, 2.45) is 22.7 Å². The maximum atomic E-state index is 12.0. The summed E-state index contributed by atoms with van der Waals surface area (Å²) in [5.41, 5.74) is 0.718. The van der Waals surface area contributed by atoms with E-state index in [9.17, 15) is 4.79 Å². The highest BCUT2D eigenvalue weighted by Crippen LogP contribution is 2.41. The average Bonchev–Trinajstić information content (AvgIpc) is 2.13. The normalized spacial score (nSPS) is 27.3. The van der Waals surface area contributed by atoms with Crippen molar-refractivity contribution in [1.82, 2.24) is 0 Å². The zero-order chi connectivity index (χ0) is 13.3. The van der Waals surface area contributed by atoms with Gasteiger partial charge in [0.15, 0.2) is 0 Å². The van der Waals surface area contributed by atoms with Crippen LogP contribution in [-0.4, -0.2) is 5.78 Å². The quantitative estimate of drug-likeness (QED) is 0.672.